The number of aliphatic hydroxyl groups excluding tert-OH is 2. The molecule has 0 saturated carbocycles. The van der Waals surface area contributed by atoms with Crippen LogP contribution in [-0.2, 0) is 6.61 Å². The Morgan fingerprint density at radius 2 is 2.25 bits per heavy atom. The van der Waals surface area contributed by atoms with E-state index in [0.29, 0.717) is 0 Å². The summed E-state index contributed by atoms with van der Waals surface area (Å²) in [4.78, 5) is 4.02. The van der Waals surface area contributed by atoms with Gasteiger partial charge in [0, 0.05) is 6.20 Å². The molecular formula is C9H11NO2. The van der Waals surface area contributed by atoms with Crippen molar-refractivity contribution in [1.82, 2.24) is 4.98 Å². The van der Waals surface area contributed by atoms with E-state index in [-0.39, 0.29) is 13.2 Å². The van der Waals surface area contributed by atoms with Crippen LogP contribution < -0.4 is 0 Å². The second-order valence-electron chi connectivity index (χ2n) is 2.33. The third kappa shape index (κ3) is 2.45. The van der Waals surface area contributed by atoms with E-state index in [0.717, 1.165) is 11.3 Å². The van der Waals surface area contributed by atoms with Gasteiger partial charge in [-0.3, -0.25) is 4.98 Å². The first-order valence-electron chi connectivity index (χ1n) is 3.70. The van der Waals surface area contributed by atoms with Gasteiger partial charge in [0.2, 0.25) is 0 Å². The van der Waals surface area contributed by atoms with E-state index in [1.54, 1.807) is 30.5 Å². The minimum atomic E-state index is 0.00499. The topological polar surface area (TPSA) is 53.4 Å². The Morgan fingerprint density at radius 1 is 1.42 bits per heavy atom. The van der Waals surface area contributed by atoms with Gasteiger partial charge >= 0.3 is 0 Å². The molecule has 0 aliphatic heterocycles. The van der Waals surface area contributed by atoms with Gasteiger partial charge in [-0.05, 0) is 23.8 Å². The molecule has 1 aromatic rings. The largest absolute Gasteiger partial charge is 0.392 e. The summed E-state index contributed by atoms with van der Waals surface area (Å²) in [5, 5.41) is 17.3. The standard InChI is InChI=1S/C9H11NO2/c11-5-1-2-9-6-8(7-12)3-4-10-9/h1-4,6,11-12H,5,7H2. The normalized spacial score (nSPS) is 10.8. The monoisotopic (exact) mass is 165 g/mol. The molecule has 0 amide bonds. The van der Waals surface area contributed by atoms with Crippen molar-refractivity contribution in [3.8, 4) is 0 Å². The van der Waals surface area contributed by atoms with Gasteiger partial charge in [0.15, 0.2) is 0 Å². The van der Waals surface area contributed by atoms with Gasteiger partial charge < -0.3 is 10.2 Å². The molecule has 0 aromatic carbocycles. The van der Waals surface area contributed by atoms with Crippen molar-refractivity contribution in [1.29, 1.82) is 0 Å². The molecule has 0 spiro atoms. The van der Waals surface area contributed by atoms with Crippen LogP contribution in [-0.4, -0.2) is 21.8 Å². The van der Waals surface area contributed by atoms with Gasteiger partial charge in [0.1, 0.15) is 0 Å². The Hall–Kier alpha value is -1.19. The third-order valence-electron chi connectivity index (χ3n) is 1.42. The predicted octanol–water partition coefficient (Wildman–Crippen LogP) is 0.579. The highest BCUT2D eigenvalue weighted by atomic mass is 16.3. The highest BCUT2D eigenvalue weighted by Crippen LogP contribution is 2.02. The lowest BCUT2D eigenvalue weighted by molar-refractivity contribution is 0.281. The molecular weight excluding hydrogens is 154 g/mol. The first-order valence-corrected chi connectivity index (χ1v) is 3.70. The molecule has 0 atom stereocenters. The van der Waals surface area contributed by atoms with Crippen LogP contribution in [0.5, 0.6) is 0 Å². The van der Waals surface area contributed by atoms with Crippen molar-refractivity contribution in [3.63, 3.8) is 0 Å². The molecule has 1 heterocycles. The van der Waals surface area contributed by atoms with E-state index in [1.807, 2.05) is 0 Å². The Labute approximate surface area is 71.0 Å². The molecule has 0 fully saturated rings. The van der Waals surface area contributed by atoms with Gasteiger partial charge in [0.05, 0.1) is 18.9 Å². The maximum atomic E-state index is 8.79. The molecule has 0 saturated heterocycles. The number of rotatable bonds is 3. The first kappa shape index (κ1) is 8.90. The number of aliphatic hydroxyl groups is 2. The van der Waals surface area contributed by atoms with Crippen LogP contribution in [0.15, 0.2) is 24.4 Å². The van der Waals surface area contributed by atoms with Crippen LogP contribution in [0, 0.1) is 0 Å². The molecule has 1 aromatic heterocycles. The van der Waals surface area contributed by atoms with E-state index in [1.165, 1.54) is 0 Å². The zero-order chi connectivity index (χ0) is 8.81. The molecule has 0 bridgehead atoms. The summed E-state index contributed by atoms with van der Waals surface area (Å²) in [6.45, 7) is 0.0213. The summed E-state index contributed by atoms with van der Waals surface area (Å²) in [6.07, 6.45) is 4.94. The van der Waals surface area contributed by atoms with Crippen molar-refractivity contribution in [2.24, 2.45) is 0 Å². The van der Waals surface area contributed by atoms with Gasteiger partial charge in [0.25, 0.3) is 0 Å². The molecule has 2 N–H and O–H groups in total. The molecule has 0 aliphatic carbocycles. The molecule has 64 valence electrons. The lowest BCUT2D eigenvalue weighted by Gasteiger charge is -1.96. The zero-order valence-corrected chi connectivity index (χ0v) is 6.64. The molecule has 3 heteroatoms. The average molecular weight is 165 g/mol. The number of hydrogen-bond donors (Lipinski definition) is 2. The van der Waals surface area contributed by atoms with Crippen molar-refractivity contribution < 1.29 is 10.2 Å². The predicted molar refractivity (Wildman–Crippen MR) is 46.3 cm³/mol. The van der Waals surface area contributed by atoms with Crippen LogP contribution >= 0.6 is 0 Å². The maximum Gasteiger partial charge on any atom is 0.0683 e. The van der Waals surface area contributed by atoms with Crippen LogP contribution in [0.2, 0.25) is 0 Å². The van der Waals surface area contributed by atoms with Crippen molar-refractivity contribution >= 4 is 6.08 Å². The second kappa shape index (κ2) is 4.64. The van der Waals surface area contributed by atoms with Crippen LogP contribution in [0.25, 0.3) is 6.08 Å². The molecule has 0 unspecified atom stereocenters. The summed E-state index contributed by atoms with van der Waals surface area (Å²) >= 11 is 0. The van der Waals surface area contributed by atoms with Crippen molar-refractivity contribution in [2.45, 2.75) is 6.61 Å². The number of hydrogen-bond acceptors (Lipinski definition) is 3. The number of pyridine rings is 1. The average Bonchev–Trinajstić information content (AvgIpc) is 2.15. The number of aromatic nitrogens is 1. The molecule has 3 nitrogen and oxygen atoms in total. The molecule has 1 rings (SSSR count). The van der Waals surface area contributed by atoms with E-state index in [2.05, 4.69) is 4.98 Å². The second-order valence-corrected chi connectivity index (χ2v) is 2.33. The molecule has 0 aliphatic rings. The van der Waals surface area contributed by atoms with Crippen LogP contribution in [0.1, 0.15) is 11.3 Å². The Morgan fingerprint density at radius 3 is 2.92 bits per heavy atom. The first-order chi connectivity index (χ1) is 5.86. The SMILES string of the molecule is OCC=Cc1cc(CO)ccn1. The fraction of sp³-hybridized carbons (Fsp3) is 0.222. The summed E-state index contributed by atoms with van der Waals surface area (Å²) in [5.41, 5.74) is 1.57. The summed E-state index contributed by atoms with van der Waals surface area (Å²) in [5.74, 6) is 0. The van der Waals surface area contributed by atoms with E-state index < -0.39 is 0 Å². The summed E-state index contributed by atoms with van der Waals surface area (Å²) < 4.78 is 0. The Balaban J connectivity index is 2.79. The highest BCUT2D eigenvalue weighted by molar-refractivity contribution is 5.45. The fourth-order valence-electron chi connectivity index (χ4n) is 0.857. The fourth-order valence-corrected chi connectivity index (χ4v) is 0.857. The van der Waals surface area contributed by atoms with Gasteiger partial charge in [-0.25, -0.2) is 0 Å². The third-order valence-corrected chi connectivity index (χ3v) is 1.42. The quantitative estimate of drug-likeness (QED) is 0.688. The Bertz CT molecular complexity index is 271. The van der Waals surface area contributed by atoms with Crippen molar-refractivity contribution in [3.05, 3.63) is 35.7 Å². The lowest BCUT2D eigenvalue weighted by atomic mass is 10.2. The van der Waals surface area contributed by atoms with Crippen LogP contribution in [0.3, 0.4) is 0 Å². The van der Waals surface area contributed by atoms with Gasteiger partial charge in [-0.15, -0.1) is 0 Å². The minimum absolute atomic E-state index is 0.00499. The van der Waals surface area contributed by atoms with E-state index in [4.69, 9.17) is 10.2 Å². The van der Waals surface area contributed by atoms with E-state index in [9.17, 15) is 0 Å². The highest BCUT2D eigenvalue weighted by Gasteiger charge is 1.91. The van der Waals surface area contributed by atoms with Gasteiger partial charge in [-0.1, -0.05) is 6.08 Å². The molecule has 12 heavy (non-hydrogen) atoms. The maximum absolute atomic E-state index is 8.79. The summed E-state index contributed by atoms with van der Waals surface area (Å²) in [6, 6.07) is 3.52. The lowest BCUT2D eigenvalue weighted by Crippen LogP contribution is -1.86. The smallest absolute Gasteiger partial charge is 0.0683 e. The van der Waals surface area contributed by atoms with E-state index >= 15 is 0 Å². The molecule has 0 radical (unpaired) electrons. The van der Waals surface area contributed by atoms with Crippen molar-refractivity contribution in [2.75, 3.05) is 6.61 Å². The van der Waals surface area contributed by atoms with Crippen LogP contribution in [0.4, 0.5) is 0 Å². The van der Waals surface area contributed by atoms with Gasteiger partial charge in [-0.2, -0.15) is 0 Å². The number of nitrogens with zero attached hydrogens (tertiary/aromatic N) is 1. The minimum Gasteiger partial charge on any atom is -0.392 e. The summed E-state index contributed by atoms with van der Waals surface area (Å²) in [7, 11) is 0. The zero-order valence-electron chi connectivity index (χ0n) is 6.64. The Kier molecular flexibility index (Phi) is 3.44.